The molecule has 0 amide bonds. The van der Waals surface area contributed by atoms with Gasteiger partial charge in [0.2, 0.25) is 0 Å². The normalized spacial score (nSPS) is 32.5. The fourth-order valence-electron chi connectivity index (χ4n) is 2.49. The Kier molecular flexibility index (Phi) is 3.19. The minimum Gasteiger partial charge on any atom is -0.374 e. The Balaban J connectivity index is 1.84. The molecule has 1 atom stereocenters. The Labute approximate surface area is 80.2 Å². The van der Waals surface area contributed by atoms with Crippen molar-refractivity contribution >= 4 is 0 Å². The topological polar surface area (TPSA) is 38.5 Å². The molecule has 3 nitrogen and oxygen atoms in total. The molecule has 1 saturated carbocycles. The summed E-state index contributed by atoms with van der Waals surface area (Å²) in [6, 6.07) is 0.831. The number of rotatable bonds is 2. The van der Waals surface area contributed by atoms with E-state index < -0.39 is 0 Å². The predicted octanol–water partition coefficient (Wildman–Crippen LogP) is 0.588. The van der Waals surface area contributed by atoms with Crippen molar-refractivity contribution in [3.05, 3.63) is 0 Å². The lowest BCUT2D eigenvalue weighted by molar-refractivity contribution is -0.0374. The zero-order chi connectivity index (χ0) is 9.10. The largest absolute Gasteiger partial charge is 0.374 e. The van der Waals surface area contributed by atoms with E-state index in [1.807, 2.05) is 0 Å². The maximum absolute atomic E-state index is 5.61. The van der Waals surface area contributed by atoms with Crippen molar-refractivity contribution in [3.63, 3.8) is 0 Å². The summed E-state index contributed by atoms with van der Waals surface area (Å²) in [7, 11) is 0. The molecule has 2 N–H and O–H groups in total. The van der Waals surface area contributed by atoms with Crippen LogP contribution in [0.2, 0.25) is 0 Å². The highest BCUT2D eigenvalue weighted by atomic mass is 16.5. The molecule has 0 unspecified atom stereocenters. The molecule has 76 valence electrons. The van der Waals surface area contributed by atoms with Gasteiger partial charge in [-0.05, 0) is 12.8 Å². The van der Waals surface area contributed by atoms with Gasteiger partial charge in [0.1, 0.15) is 0 Å². The van der Waals surface area contributed by atoms with E-state index in [0.717, 1.165) is 25.7 Å². The average Bonchev–Trinajstić information content (AvgIpc) is 2.71. The van der Waals surface area contributed by atoms with Crippen LogP contribution in [0.1, 0.15) is 25.7 Å². The van der Waals surface area contributed by atoms with Crippen molar-refractivity contribution in [1.82, 2.24) is 4.90 Å². The van der Waals surface area contributed by atoms with Crippen LogP contribution in [0.3, 0.4) is 0 Å². The predicted molar refractivity (Wildman–Crippen MR) is 52.6 cm³/mol. The van der Waals surface area contributed by atoms with Crippen molar-refractivity contribution in [2.75, 3.05) is 26.2 Å². The van der Waals surface area contributed by atoms with Crippen LogP contribution in [-0.2, 0) is 4.74 Å². The zero-order valence-electron chi connectivity index (χ0n) is 8.24. The van der Waals surface area contributed by atoms with Crippen LogP contribution in [0.15, 0.2) is 0 Å². The van der Waals surface area contributed by atoms with E-state index >= 15 is 0 Å². The second kappa shape index (κ2) is 4.40. The van der Waals surface area contributed by atoms with E-state index in [1.165, 1.54) is 25.7 Å². The summed E-state index contributed by atoms with van der Waals surface area (Å²) in [6.45, 7) is 3.71. The summed E-state index contributed by atoms with van der Waals surface area (Å²) in [6.07, 6.45) is 5.88. The molecule has 0 spiro atoms. The molecule has 1 aliphatic heterocycles. The smallest absolute Gasteiger partial charge is 0.0824 e. The third-order valence-corrected chi connectivity index (χ3v) is 3.27. The summed E-state index contributed by atoms with van der Waals surface area (Å²) in [5.41, 5.74) is 5.61. The van der Waals surface area contributed by atoms with E-state index in [0.29, 0.717) is 6.54 Å². The van der Waals surface area contributed by atoms with Gasteiger partial charge >= 0.3 is 0 Å². The molecule has 1 aliphatic carbocycles. The maximum Gasteiger partial charge on any atom is 0.0824 e. The molecular formula is C10H20N2O. The summed E-state index contributed by atoms with van der Waals surface area (Å²) in [4.78, 5) is 2.58. The van der Waals surface area contributed by atoms with Crippen molar-refractivity contribution in [3.8, 4) is 0 Å². The third kappa shape index (κ3) is 2.22. The minimum atomic E-state index is 0.286. The molecule has 2 rings (SSSR count). The molecule has 0 aromatic carbocycles. The van der Waals surface area contributed by atoms with E-state index in [9.17, 15) is 0 Å². The Hall–Kier alpha value is -0.120. The summed E-state index contributed by atoms with van der Waals surface area (Å²) >= 11 is 0. The molecule has 2 fully saturated rings. The number of ether oxygens (including phenoxy) is 1. The van der Waals surface area contributed by atoms with Gasteiger partial charge < -0.3 is 10.5 Å². The molecule has 0 aromatic rings. The first-order valence-corrected chi connectivity index (χ1v) is 5.46. The fraction of sp³-hybridized carbons (Fsp3) is 1.00. The lowest BCUT2D eigenvalue weighted by Gasteiger charge is -2.36. The first-order chi connectivity index (χ1) is 6.40. The van der Waals surface area contributed by atoms with E-state index in [-0.39, 0.29) is 6.10 Å². The molecule has 0 radical (unpaired) electrons. The molecule has 0 aromatic heterocycles. The van der Waals surface area contributed by atoms with Gasteiger partial charge in [0.15, 0.2) is 0 Å². The van der Waals surface area contributed by atoms with Crippen LogP contribution < -0.4 is 5.73 Å². The number of nitrogens with zero attached hydrogens (tertiary/aromatic N) is 1. The number of morpholine rings is 1. The number of hydrogen-bond donors (Lipinski definition) is 1. The Morgan fingerprint density at radius 1 is 1.31 bits per heavy atom. The summed E-state index contributed by atoms with van der Waals surface area (Å²) in [5.74, 6) is 0. The van der Waals surface area contributed by atoms with Crippen molar-refractivity contribution < 1.29 is 4.74 Å². The van der Waals surface area contributed by atoms with Crippen LogP contribution in [-0.4, -0.2) is 43.3 Å². The second-order valence-electron chi connectivity index (χ2n) is 4.16. The first-order valence-electron chi connectivity index (χ1n) is 5.46. The van der Waals surface area contributed by atoms with Crippen LogP contribution >= 0.6 is 0 Å². The van der Waals surface area contributed by atoms with Gasteiger partial charge in [-0.3, -0.25) is 4.90 Å². The van der Waals surface area contributed by atoms with Gasteiger partial charge in [-0.15, -0.1) is 0 Å². The van der Waals surface area contributed by atoms with E-state index in [2.05, 4.69) is 4.90 Å². The monoisotopic (exact) mass is 184 g/mol. The van der Waals surface area contributed by atoms with Crippen LogP contribution in [0.5, 0.6) is 0 Å². The van der Waals surface area contributed by atoms with Gasteiger partial charge in [0.25, 0.3) is 0 Å². The highest BCUT2D eigenvalue weighted by molar-refractivity contribution is 4.82. The highest BCUT2D eigenvalue weighted by Gasteiger charge is 2.27. The lowest BCUT2D eigenvalue weighted by atomic mass is 10.1. The molecule has 0 bridgehead atoms. The number of nitrogens with two attached hydrogens (primary N) is 1. The summed E-state index contributed by atoms with van der Waals surface area (Å²) < 4.78 is 5.55. The molecular weight excluding hydrogens is 164 g/mol. The van der Waals surface area contributed by atoms with E-state index in [4.69, 9.17) is 10.5 Å². The van der Waals surface area contributed by atoms with Crippen LogP contribution in [0.4, 0.5) is 0 Å². The lowest BCUT2D eigenvalue weighted by Crippen LogP contribution is -2.49. The van der Waals surface area contributed by atoms with Gasteiger partial charge in [-0.25, -0.2) is 0 Å². The maximum atomic E-state index is 5.61. The van der Waals surface area contributed by atoms with Crippen molar-refractivity contribution in [1.29, 1.82) is 0 Å². The highest BCUT2D eigenvalue weighted by Crippen LogP contribution is 2.24. The molecule has 2 aliphatic rings. The molecule has 1 saturated heterocycles. The van der Waals surface area contributed by atoms with E-state index in [1.54, 1.807) is 0 Å². The van der Waals surface area contributed by atoms with Crippen LogP contribution in [0.25, 0.3) is 0 Å². The SMILES string of the molecule is NC[C@@H]1CN(C2CCCC2)CCO1. The Morgan fingerprint density at radius 2 is 2.08 bits per heavy atom. The molecule has 13 heavy (non-hydrogen) atoms. The van der Waals surface area contributed by atoms with Gasteiger partial charge in [0.05, 0.1) is 12.7 Å². The fourth-order valence-corrected chi connectivity index (χ4v) is 2.49. The molecule has 1 heterocycles. The van der Waals surface area contributed by atoms with Gasteiger partial charge in [-0.2, -0.15) is 0 Å². The van der Waals surface area contributed by atoms with Crippen LogP contribution in [0, 0.1) is 0 Å². The Bertz CT molecular complexity index is 157. The standard InChI is InChI=1S/C10H20N2O/c11-7-10-8-12(5-6-13-10)9-3-1-2-4-9/h9-10H,1-8,11H2/t10-/m1/s1. The quantitative estimate of drug-likeness (QED) is 0.682. The first kappa shape index (κ1) is 9.44. The Morgan fingerprint density at radius 3 is 2.77 bits per heavy atom. The summed E-state index contributed by atoms with van der Waals surface area (Å²) in [5, 5.41) is 0. The van der Waals surface area contributed by atoms with Gasteiger partial charge in [-0.1, -0.05) is 12.8 Å². The van der Waals surface area contributed by atoms with Gasteiger partial charge in [0, 0.05) is 25.7 Å². The average molecular weight is 184 g/mol. The number of hydrogen-bond acceptors (Lipinski definition) is 3. The second-order valence-corrected chi connectivity index (χ2v) is 4.16. The zero-order valence-corrected chi connectivity index (χ0v) is 8.24. The van der Waals surface area contributed by atoms with Crippen molar-refractivity contribution in [2.45, 2.75) is 37.8 Å². The van der Waals surface area contributed by atoms with Crippen molar-refractivity contribution in [2.24, 2.45) is 5.73 Å². The minimum absolute atomic E-state index is 0.286. The molecule has 3 heteroatoms. The third-order valence-electron chi connectivity index (χ3n) is 3.27.